The second-order valence-electron chi connectivity index (χ2n) is 7.98. The van der Waals surface area contributed by atoms with Gasteiger partial charge in [-0.2, -0.15) is 0 Å². The molecule has 0 radical (unpaired) electrons. The molecule has 0 spiro atoms. The van der Waals surface area contributed by atoms with E-state index < -0.39 is 0 Å². The summed E-state index contributed by atoms with van der Waals surface area (Å²) < 4.78 is 5.99. The van der Waals surface area contributed by atoms with E-state index in [4.69, 9.17) is 4.74 Å². The maximum atomic E-state index is 5.99. The van der Waals surface area contributed by atoms with Crippen LogP contribution in [0.2, 0.25) is 0 Å². The van der Waals surface area contributed by atoms with Crippen molar-refractivity contribution in [1.82, 2.24) is 0 Å². The molecule has 0 aliphatic carbocycles. The largest absolute Gasteiger partial charge is 0.489 e. The monoisotopic (exact) mass is 364 g/mol. The predicted octanol–water partition coefficient (Wildman–Crippen LogP) is 7.85. The predicted molar refractivity (Wildman–Crippen MR) is 117 cm³/mol. The zero-order chi connectivity index (χ0) is 19.4. The maximum Gasteiger partial charge on any atom is 0.120 e. The molecule has 146 valence electrons. The van der Waals surface area contributed by atoms with Gasteiger partial charge in [0.25, 0.3) is 0 Å². The van der Waals surface area contributed by atoms with Gasteiger partial charge >= 0.3 is 0 Å². The zero-order valence-corrected chi connectivity index (χ0v) is 17.4. The van der Waals surface area contributed by atoms with E-state index >= 15 is 0 Å². The van der Waals surface area contributed by atoms with Crippen LogP contribution in [0, 0.1) is 0 Å². The van der Waals surface area contributed by atoms with E-state index in [1.807, 2.05) is 24.3 Å². The molecule has 0 amide bonds. The van der Waals surface area contributed by atoms with Crippen molar-refractivity contribution in [2.75, 3.05) is 0 Å². The molecule has 0 aliphatic rings. The molecule has 2 aromatic rings. The SMILES string of the molecule is CCCCCCCC/C=C/C(C)(C)c1cccc(OCc2ccccc2)c1. The van der Waals surface area contributed by atoms with E-state index in [9.17, 15) is 0 Å². The number of rotatable bonds is 12. The first kappa shape index (κ1) is 21.3. The number of allylic oxidation sites excluding steroid dienone is 2. The lowest BCUT2D eigenvalue weighted by atomic mass is 9.84. The van der Waals surface area contributed by atoms with Gasteiger partial charge in [0, 0.05) is 5.41 Å². The molecule has 0 N–H and O–H groups in total. The highest BCUT2D eigenvalue weighted by Gasteiger charge is 2.17. The minimum absolute atomic E-state index is 0.0222. The number of ether oxygens (including phenoxy) is 1. The molecule has 0 aromatic heterocycles. The van der Waals surface area contributed by atoms with Crippen LogP contribution in [-0.4, -0.2) is 0 Å². The van der Waals surface area contributed by atoms with Crippen LogP contribution in [0.5, 0.6) is 5.75 Å². The topological polar surface area (TPSA) is 9.23 Å². The summed E-state index contributed by atoms with van der Waals surface area (Å²) in [6.07, 6.45) is 14.0. The lowest BCUT2D eigenvalue weighted by Gasteiger charge is -2.22. The van der Waals surface area contributed by atoms with Crippen molar-refractivity contribution in [2.45, 2.75) is 77.7 Å². The molecule has 0 heterocycles. The van der Waals surface area contributed by atoms with Crippen molar-refractivity contribution < 1.29 is 4.74 Å². The van der Waals surface area contributed by atoms with Gasteiger partial charge in [0.1, 0.15) is 12.4 Å². The van der Waals surface area contributed by atoms with Crippen LogP contribution in [0.25, 0.3) is 0 Å². The Hall–Kier alpha value is -2.02. The summed E-state index contributed by atoms with van der Waals surface area (Å²) in [6, 6.07) is 18.8. The highest BCUT2D eigenvalue weighted by atomic mass is 16.5. The van der Waals surface area contributed by atoms with Crippen LogP contribution >= 0.6 is 0 Å². The summed E-state index contributed by atoms with van der Waals surface area (Å²) in [7, 11) is 0. The molecular weight excluding hydrogens is 328 g/mol. The van der Waals surface area contributed by atoms with Crippen LogP contribution in [-0.2, 0) is 12.0 Å². The summed E-state index contributed by atoms with van der Waals surface area (Å²) in [6.45, 7) is 7.44. The highest BCUT2D eigenvalue weighted by Crippen LogP contribution is 2.28. The second kappa shape index (κ2) is 11.6. The third kappa shape index (κ3) is 8.03. The van der Waals surface area contributed by atoms with E-state index in [1.54, 1.807) is 0 Å². The van der Waals surface area contributed by atoms with Crippen LogP contribution in [0.4, 0.5) is 0 Å². The highest BCUT2D eigenvalue weighted by molar-refractivity contribution is 5.36. The molecule has 0 aliphatic heterocycles. The standard InChI is InChI=1S/C26H36O/c1-4-5-6-7-8-9-10-14-20-26(2,3)24-18-15-19-25(21-24)27-22-23-16-12-11-13-17-23/h11-21H,4-10,22H2,1-3H3/b20-14+. The summed E-state index contributed by atoms with van der Waals surface area (Å²) in [5, 5.41) is 0. The molecule has 1 heteroatoms. The lowest BCUT2D eigenvalue weighted by Crippen LogP contribution is -2.13. The van der Waals surface area contributed by atoms with Gasteiger partial charge in [-0.05, 0) is 36.1 Å². The summed E-state index contributed by atoms with van der Waals surface area (Å²) >= 11 is 0. The number of unbranched alkanes of at least 4 members (excludes halogenated alkanes) is 6. The smallest absolute Gasteiger partial charge is 0.120 e. The molecule has 0 atom stereocenters. The van der Waals surface area contributed by atoms with Crippen molar-refractivity contribution >= 4 is 0 Å². The fraction of sp³-hybridized carbons (Fsp3) is 0.462. The fourth-order valence-electron chi connectivity index (χ4n) is 3.24. The molecular formula is C26H36O. The molecule has 0 bridgehead atoms. The Kier molecular flexibility index (Phi) is 9.18. The van der Waals surface area contributed by atoms with Crippen molar-refractivity contribution in [3.8, 4) is 5.75 Å². The van der Waals surface area contributed by atoms with Gasteiger partial charge in [-0.3, -0.25) is 0 Å². The van der Waals surface area contributed by atoms with E-state index in [-0.39, 0.29) is 5.41 Å². The third-order valence-electron chi connectivity index (χ3n) is 5.09. The molecule has 0 saturated carbocycles. The molecule has 0 fully saturated rings. The van der Waals surface area contributed by atoms with Crippen LogP contribution in [0.1, 0.15) is 76.8 Å². The van der Waals surface area contributed by atoms with Crippen LogP contribution < -0.4 is 4.74 Å². The molecule has 0 saturated heterocycles. The Morgan fingerprint density at radius 2 is 1.59 bits per heavy atom. The van der Waals surface area contributed by atoms with Crippen molar-refractivity contribution in [2.24, 2.45) is 0 Å². The summed E-state index contributed by atoms with van der Waals surface area (Å²) in [5.74, 6) is 0.939. The molecule has 2 aromatic carbocycles. The Bertz CT molecular complexity index is 670. The van der Waals surface area contributed by atoms with E-state index in [2.05, 4.69) is 63.3 Å². The van der Waals surface area contributed by atoms with Gasteiger partial charge in [-0.25, -0.2) is 0 Å². The van der Waals surface area contributed by atoms with Crippen molar-refractivity contribution in [3.05, 3.63) is 77.9 Å². The van der Waals surface area contributed by atoms with Gasteiger partial charge in [0.2, 0.25) is 0 Å². The Morgan fingerprint density at radius 1 is 0.852 bits per heavy atom. The third-order valence-corrected chi connectivity index (χ3v) is 5.09. The van der Waals surface area contributed by atoms with Crippen LogP contribution in [0.3, 0.4) is 0 Å². The van der Waals surface area contributed by atoms with Gasteiger partial charge in [0.15, 0.2) is 0 Å². The summed E-state index contributed by atoms with van der Waals surface area (Å²) in [5.41, 5.74) is 2.52. The molecule has 1 nitrogen and oxygen atoms in total. The lowest BCUT2D eigenvalue weighted by molar-refractivity contribution is 0.305. The average molecular weight is 365 g/mol. The minimum Gasteiger partial charge on any atom is -0.489 e. The second-order valence-corrected chi connectivity index (χ2v) is 7.98. The average Bonchev–Trinajstić information content (AvgIpc) is 2.69. The molecule has 27 heavy (non-hydrogen) atoms. The minimum atomic E-state index is 0.0222. The van der Waals surface area contributed by atoms with Crippen molar-refractivity contribution in [3.63, 3.8) is 0 Å². The van der Waals surface area contributed by atoms with Gasteiger partial charge in [-0.15, -0.1) is 0 Å². The maximum absolute atomic E-state index is 5.99. The number of hydrogen-bond donors (Lipinski definition) is 0. The van der Waals surface area contributed by atoms with Crippen LogP contribution in [0.15, 0.2) is 66.7 Å². The summed E-state index contributed by atoms with van der Waals surface area (Å²) in [4.78, 5) is 0. The first-order valence-corrected chi connectivity index (χ1v) is 10.6. The molecule has 0 unspecified atom stereocenters. The normalized spacial score (nSPS) is 11.8. The van der Waals surface area contributed by atoms with Crippen molar-refractivity contribution in [1.29, 1.82) is 0 Å². The Labute approximate surface area is 166 Å². The Balaban J connectivity index is 1.83. The quantitative estimate of drug-likeness (QED) is 0.275. The van der Waals surface area contributed by atoms with Gasteiger partial charge in [0.05, 0.1) is 0 Å². The first-order chi connectivity index (χ1) is 13.1. The number of benzene rings is 2. The van der Waals surface area contributed by atoms with E-state index in [1.165, 1.54) is 56.1 Å². The Morgan fingerprint density at radius 3 is 2.37 bits per heavy atom. The molecule has 2 rings (SSSR count). The van der Waals surface area contributed by atoms with E-state index in [0.717, 1.165) is 5.75 Å². The fourth-order valence-corrected chi connectivity index (χ4v) is 3.24. The number of hydrogen-bond acceptors (Lipinski definition) is 1. The first-order valence-electron chi connectivity index (χ1n) is 10.6. The van der Waals surface area contributed by atoms with Gasteiger partial charge < -0.3 is 4.74 Å². The zero-order valence-electron chi connectivity index (χ0n) is 17.4. The van der Waals surface area contributed by atoms with Gasteiger partial charge in [-0.1, -0.05) is 107 Å². The van der Waals surface area contributed by atoms with E-state index in [0.29, 0.717) is 6.61 Å².